The molecule has 0 aromatic heterocycles. The Hall–Kier alpha value is -1.91. The lowest BCUT2D eigenvalue weighted by molar-refractivity contribution is -0.152. The average Bonchev–Trinajstić information content (AvgIpc) is 2.61. The van der Waals surface area contributed by atoms with Crippen LogP contribution in [0.25, 0.3) is 0 Å². The Labute approximate surface area is 150 Å². The van der Waals surface area contributed by atoms with E-state index in [1.165, 1.54) is 63.1 Å². The number of carbonyl (C=O) groups excluding carboxylic acids is 2. The molecule has 1 N–H and O–H groups in total. The maximum atomic E-state index is 13.4. The number of ether oxygens (including phenoxy) is 1. The molecule has 0 aliphatic carbocycles. The van der Waals surface area contributed by atoms with E-state index in [1.54, 1.807) is 6.07 Å². The standard InChI is InChI=1S/C20H30FNO3/c1-2-3-4-5-6-7-8-9-10-13-16-25-20(24)19(23)22-18-15-12-11-14-17(18)21/h11-12,14-15H,2-10,13,16H2,1H3,(H,22,23). The molecule has 1 aromatic carbocycles. The maximum absolute atomic E-state index is 13.4. The summed E-state index contributed by atoms with van der Waals surface area (Å²) in [7, 11) is 0. The Bertz CT molecular complexity index is 519. The zero-order valence-corrected chi connectivity index (χ0v) is 15.2. The van der Waals surface area contributed by atoms with Gasteiger partial charge in [-0.2, -0.15) is 0 Å². The van der Waals surface area contributed by atoms with E-state index in [0.29, 0.717) is 0 Å². The summed E-state index contributed by atoms with van der Waals surface area (Å²) in [4.78, 5) is 23.2. The number of hydrogen-bond acceptors (Lipinski definition) is 3. The molecule has 0 fully saturated rings. The van der Waals surface area contributed by atoms with Gasteiger partial charge in [0, 0.05) is 0 Å². The average molecular weight is 351 g/mol. The molecule has 0 atom stereocenters. The molecular weight excluding hydrogens is 321 g/mol. The number of hydrogen-bond donors (Lipinski definition) is 1. The first-order valence-corrected chi connectivity index (χ1v) is 9.37. The number of carbonyl (C=O) groups is 2. The van der Waals surface area contributed by atoms with Crippen molar-refractivity contribution in [3.8, 4) is 0 Å². The molecular formula is C20H30FNO3. The highest BCUT2D eigenvalue weighted by molar-refractivity contribution is 6.37. The Balaban J connectivity index is 2.01. The number of anilines is 1. The fourth-order valence-corrected chi connectivity index (χ4v) is 2.56. The van der Waals surface area contributed by atoms with E-state index in [0.717, 1.165) is 19.3 Å². The van der Waals surface area contributed by atoms with Gasteiger partial charge < -0.3 is 10.1 Å². The molecule has 0 spiro atoms. The van der Waals surface area contributed by atoms with Crippen LogP contribution in [-0.4, -0.2) is 18.5 Å². The Morgan fingerprint density at radius 2 is 1.48 bits per heavy atom. The Morgan fingerprint density at radius 3 is 2.08 bits per heavy atom. The highest BCUT2D eigenvalue weighted by Gasteiger charge is 2.16. The van der Waals surface area contributed by atoms with E-state index in [-0.39, 0.29) is 12.3 Å². The fraction of sp³-hybridized carbons (Fsp3) is 0.600. The van der Waals surface area contributed by atoms with Crippen molar-refractivity contribution in [1.29, 1.82) is 0 Å². The van der Waals surface area contributed by atoms with Crippen LogP contribution in [-0.2, 0) is 14.3 Å². The monoisotopic (exact) mass is 351 g/mol. The van der Waals surface area contributed by atoms with Crippen molar-refractivity contribution in [3.05, 3.63) is 30.1 Å². The van der Waals surface area contributed by atoms with E-state index >= 15 is 0 Å². The van der Waals surface area contributed by atoms with Gasteiger partial charge in [-0.3, -0.25) is 4.79 Å². The first-order valence-electron chi connectivity index (χ1n) is 9.37. The number of rotatable bonds is 12. The third kappa shape index (κ3) is 9.85. The third-order valence-electron chi connectivity index (χ3n) is 4.04. The predicted octanol–water partition coefficient (Wildman–Crippen LogP) is 5.23. The van der Waals surface area contributed by atoms with Crippen LogP contribution in [0.1, 0.15) is 71.1 Å². The predicted molar refractivity (Wildman–Crippen MR) is 97.8 cm³/mol. The molecule has 0 saturated carbocycles. The number of nitrogens with one attached hydrogen (secondary N) is 1. The Kier molecular flexibility index (Phi) is 11.3. The zero-order valence-electron chi connectivity index (χ0n) is 15.2. The zero-order chi connectivity index (χ0) is 18.3. The van der Waals surface area contributed by atoms with Crippen molar-refractivity contribution in [1.82, 2.24) is 0 Å². The molecule has 0 aliphatic heterocycles. The van der Waals surface area contributed by atoms with Gasteiger partial charge in [-0.05, 0) is 18.6 Å². The molecule has 0 radical (unpaired) electrons. The van der Waals surface area contributed by atoms with Gasteiger partial charge >= 0.3 is 11.9 Å². The van der Waals surface area contributed by atoms with Crippen LogP contribution < -0.4 is 5.32 Å². The summed E-state index contributed by atoms with van der Waals surface area (Å²) < 4.78 is 18.3. The molecule has 1 amide bonds. The van der Waals surface area contributed by atoms with Gasteiger partial charge in [0.2, 0.25) is 0 Å². The summed E-state index contributed by atoms with van der Waals surface area (Å²) in [6.45, 7) is 2.44. The van der Waals surface area contributed by atoms with Crippen molar-refractivity contribution in [3.63, 3.8) is 0 Å². The largest absolute Gasteiger partial charge is 0.459 e. The number of unbranched alkanes of at least 4 members (excludes halogenated alkanes) is 9. The van der Waals surface area contributed by atoms with Crippen molar-refractivity contribution in [2.75, 3.05) is 11.9 Å². The highest BCUT2D eigenvalue weighted by Crippen LogP contribution is 2.12. The van der Waals surface area contributed by atoms with Crippen LogP contribution in [0.3, 0.4) is 0 Å². The topological polar surface area (TPSA) is 55.4 Å². The van der Waals surface area contributed by atoms with E-state index in [2.05, 4.69) is 12.2 Å². The molecule has 5 heteroatoms. The lowest BCUT2D eigenvalue weighted by atomic mass is 10.1. The summed E-state index contributed by atoms with van der Waals surface area (Å²) >= 11 is 0. The smallest absolute Gasteiger partial charge is 0.397 e. The lowest BCUT2D eigenvalue weighted by Crippen LogP contribution is -2.25. The van der Waals surface area contributed by atoms with Gasteiger partial charge in [0.15, 0.2) is 0 Å². The first-order chi connectivity index (χ1) is 12.1. The second kappa shape index (κ2) is 13.4. The summed E-state index contributed by atoms with van der Waals surface area (Å²) in [6.07, 6.45) is 11.9. The summed E-state index contributed by atoms with van der Waals surface area (Å²) in [5.41, 5.74) is -0.0246. The summed E-state index contributed by atoms with van der Waals surface area (Å²) in [6, 6.07) is 5.69. The summed E-state index contributed by atoms with van der Waals surface area (Å²) in [5.74, 6) is -2.50. The van der Waals surface area contributed by atoms with Gasteiger partial charge in [0.05, 0.1) is 12.3 Å². The third-order valence-corrected chi connectivity index (χ3v) is 4.04. The molecule has 1 aromatic rings. The molecule has 0 bridgehead atoms. The minimum Gasteiger partial charge on any atom is -0.459 e. The number of amides is 1. The van der Waals surface area contributed by atoms with Crippen LogP contribution in [0.5, 0.6) is 0 Å². The van der Waals surface area contributed by atoms with Crippen LogP contribution in [0.2, 0.25) is 0 Å². The van der Waals surface area contributed by atoms with Gasteiger partial charge in [-0.15, -0.1) is 0 Å². The van der Waals surface area contributed by atoms with Crippen LogP contribution >= 0.6 is 0 Å². The first kappa shape index (κ1) is 21.1. The van der Waals surface area contributed by atoms with Gasteiger partial charge in [0.1, 0.15) is 5.82 Å². The molecule has 0 saturated heterocycles. The van der Waals surface area contributed by atoms with E-state index in [4.69, 9.17) is 4.74 Å². The fourth-order valence-electron chi connectivity index (χ4n) is 2.56. The molecule has 0 heterocycles. The van der Waals surface area contributed by atoms with Crippen molar-refractivity contribution in [2.24, 2.45) is 0 Å². The second-order valence-corrected chi connectivity index (χ2v) is 6.25. The van der Waals surface area contributed by atoms with Crippen LogP contribution in [0, 0.1) is 5.82 Å². The SMILES string of the molecule is CCCCCCCCCCCCOC(=O)C(=O)Nc1ccccc1F. The minimum absolute atomic E-state index is 0.0246. The number of esters is 1. The molecule has 25 heavy (non-hydrogen) atoms. The maximum Gasteiger partial charge on any atom is 0.397 e. The molecule has 0 aliphatic rings. The number of para-hydroxylation sites is 1. The quantitative estimate of drug-likeness (QED) is 0.319. The molecule has 4 nitrogen and oxygen atoms in total. The van der Waals surface area contributed by atoms with Crippen LogP contribution in [0.4, 0.5) is 10.1 Å². The van der Waals surface area contributed by atoms with E-state index in [1.807, 2.05) is 0 Å². The normalized spacial score (nSPS) is 10.5. The van der Waals surface area contributed by atoms with Crippen molar-refractivity contribution in [2.45, 2.75) is 71.1 Å². The van der Waals surface area contributed by atoms with E-state index in [9.17, 15) is 14.0 Å². The van der Waals surface area contributed by atoms with Gasteiger partial charge in [0.25, 0.3) is 0 Å². The number of halogens is 1. The molecule has 1 rings (SSSR count). The lowest BCUT2D eigenvalue weighted by Gasteiger charge is -2.07. The molecule has 140 valence electrons. The highest BCUT2D eigenvalue weighted by atomic mass is 19.1. The van der Waals surface area contributed by atoms with Crippen LogP contribution in [0.15, 0.2) is 24.3 Å². The van der Waals surface area contributed by atoms with Gasteiger partial charge in [-0.1, -0.05) is 76.8 Å². The van der Waals surface area contributed by atoms with E-state index < -0.39 is 17.7 Å². The second-order valence-electron chi connectivity index (χ2n) is 6.25. The Morgan fingerprint density at radius 1 is 0.920 bits per heavy atom. The van der Waals surface area contributed by atoms with Crippen molar-refractivity contribution >= 4 is 17.6 Å². The van der Waals surface area contributed by atoms with Crippen molar-refractivity contribution < 1.29 is 18.7 Å². The summed E-state index contributed by atoms with van der Waals surface area (Å²) in [5, 5.41) is 2.21. The minimum atomic E-state index is -0.973. The number of benzene rings is 1. The van der Waals surface area contributed by atoms with Gasteiger partial charge in [-0.25, -0.2) is 9.18 Å². The molecule has 0 unspecified atom stereocenters.